The van der Waals surface area contributed by atoms with Crippen molar-refractivity contribution in [1.29, 1.82) is 0 Å². The number of anilines is 1. The normalized spacial score (nSPS) is 15.6. The molecule has 1 aliphatic rings. The van der Waals surface area contributed by atoms with Crippen molar-refractivity contribution in [2.24, 2.45) is 5.92 Å². The summed E-state index contributed by atoms with van der Waals surface area (Å²) < 4.78 is 0. The second-order valence-corrected chi connectivity index (χ2v) is 5.91. The molecule has 0 aliphatic heterocycles. The third-order valence-electron chi connectivity index (χ3n) is 3.88. The van der Waals surface area contributed by atoms with Crippen LogP contribution in [0.1, 0.15) is 32.3 Å². The van der Waals surface area contributed by atoms with E-state index in [1.54, 1.807) is 0 Å². The monoisotopic (exact) mass is 289 g/mol. The predicted molar refractivity (Wildman–Crippen MR) is 82.6 cm³/mol. The van der Waals surface area contributed by atoms with Gasteiger partial charge in [-0.1, -0.05) is 26.0 Å². The minimum absolute atomic E-state index is 0.00363. The lowest BCUT2D eigenvalue weighted by Crippen LogP contribution is -2.40. The molecule has 4 N–H and O–H groups in total. The summed E-state index contributed by atoms with van der Waals surface area (Å²) in [6.07, 6.45) is 1.72. The summed E-state index contributed by atoms with van der Waals surface area (Å²) >= 11 is 0. The van der Waals surface area contributed by atoms with Crippen LogP contribution in [0.15, 0.2) is 24.3 Å². The van der Waals surface area contributed by atoms with E-state index in [-0.39, 0.29) is 17.7 Å². The number of hydrogen-bond acceptors (Lipinski definition) is 3. The quantitative estimate of drug-likeness (QED) is 0.543. The molecule has 1 fully saturated rings. The van der Waals surface area contributed by atoms with Gasteiger partial charge in [0.2, 0.25) is 11.8 Å². The van der Waals surface area contributed by atoms with Crippen LogP contribution in [0.2, 0.25) is 0 Å². The molecule has 1 aromatic rings. The van der Waals surface area contributed by atoms with Crippen LogP contribution in [-0.2, 0) is 15.0 Å². The largest absolute Gasteiger partial charge is 0.399 e. The molecule has 0 aromatic heterocycles. The second kappa shape index (κ2) is 6.16. The summed E-state index contributed by atoms with van der Waals surface area (Å²) in [4.78, 5) is 23.8. The van der Waals surface area contributed by atoms with Gasteiger partial charge in [0.15, 0.2) is 0 Å². The molecule has 1 aliphatic carbocycles. The fraction of sp³-hybridized carbons (Fsp3) is 0.500. The molecule has 1 aromatic carbocycles. The molecule has 0 radical (unpaired) electrons. The highest BCUT2D eigenvalue weighted by atomic mass is 16.2. The molecule has 21 heavy (non-hydrogen) atoms. The van der Waals surface area contributed by atoms with Crippen molar-refractivity contribution in [3.05, 3.63) is 29.8 Å². The van der Waals surface area contributed by atoms with Gasteiger partial charge in [0.25, 0.3) is 0 Å². The number of hydrogen-bond donors (Lipinski definition) is 3. The number of carbonyl (C=O) groups is 2. The van der Waals surface area contributed by atoms with Crippen LogP contribution in [0.25, 0.3) is 0 Å². The molecule has 0 atom stereocenters. The van der Waals surface area contributed by atoms with Gasteiger partial charge in [0.05, 0.1) is 5.41 Å². The summed E-state index contributed by atoms with van der Waals surface area (Å²) in [6.45, 7) is 4.59. The van der Waals surface area contributed by atoms with Crippen molar-refractivity contribution in [2.45, 2.75) is 32.1 Å². The van der Waals surface area contributed by atoms with Crippen LogP contribution < -0.4 is 16.4 Å². The van der Waals surface area contributed by atoms with Gasteiger partial charge in [-0.2, -0.15) is 0 Å². The van der Waals surface area contributed by atoms with Gasteiger partial charge in [-0.05, 0) is 30.5 Å². The molecule has 2 amide bonds. The fourth-order valence-electron chi connectivity index (χ4n) is 2.31. The number of nitrogen functional groups attached to an aromatic ring is 1. The van der Waals surface area contributed by atoms with E-state index in [1.165, 1.54) is 0 Å². The maximum atomic E-state index is 12.3. The summed E-state index contributed by atoms with van der Waals surface area (Å²) in [5.74, 6) is 0.000222. The zero-order valence-electron chi connectivity index (χ0n) is 12.6. The molecule has 5 nitrogen and oxygen atoms in total. The van der Waals surface area contributed by atoms with Crippen molar-refractivity contribution in [3.8, 4) is 0 Å². The first kappa shape index (κ1) is 15.4. The lowest BCUT2D eigenvalue weighted by Gasteiger charge is -2.16. The molecule has 0 unspecified atom stereocenters. The maximum absolute atomic E-state index is 12.3. The number of carbonyl (C=O) groups excluding carboxylic acids is 2. The third kappa shape index (κ3) is 3.54. The Morgan fingerprint density at radius 1 is 1.14 bits per heavy atom. The Balaban J connectivity index is 1.83. The lowest BCUT2D eigenvalue weighted by molar-refractivity contribution is -0.125. The van der Waals surface area contributed by atoms with E-state index < -0.39 is 5.41 Å². The minimum Gasteiger partial charge on any atom is -0.399 e. The Bertz CT molecular complexity index is 519. The van der Waals surface area contributed by atoms with Crippen LogP contribution in [0, 0.1) is 5.92 Å². The highest BCUT2D eigenvalue weighted by Crippen LogP contribution is 2.48. The zero-order chi connectivity index (χ0) is 15.5. The van der Waals surface area contributed by atoms with Crippen molar-refractivity contribution in [2.75, 3.05) is 18.8 Å². The van der Waals surface area contributed by atoms with E-state index in [9.17, 15) is 9.59 Å². The van der Waals surface area contributed by atoms with Gasteiger partial charge in [-0.15, -0.1) is 0 Å². The Kier molecular flexibility index (Phi) is 4.50. The van der Waals surface area contributed by atoms with Crippen LogP contribution in [0.4, 0.5) is 5.69 Å². The summed E-state index contributed by atoms with van der Waals surface area (Å²) in [5.41, 5.74) is 7.00. The zero-order valence-corrected chi connectivity index (χ0v) is 12.6. The smallest absolute Gasteiger partial charge is 0.230 e. The second-order valence-electron chi connectivity index (χ2n) is 5.91. The van der Waals surface area contributed by atoms with Crippen molar-refractivity contribution < 1.29 is 9.59 Å². The lowest BCUT2D eigenvalue weighted by atomic mass is 9.95. The van der Waals surface area contributed by atoms with E-state index >= 15 is 0 Å². The van der Waals surface area contributed by atoms with Crippen LogP contribution in [0.5, 0.6) is 0 Å². The highest BCUT2D eigenvalue weighted by Gasteiger charge is 2.50. The number of nitrogens with one attached hydrogen (secondary N) is 2. The molecule has 0 bridgehead atoms. The van der Waals surface area contributed by atoms with Crippen molar-refractivity contribution >= 4 is 17.5 Å². The van der Waals surface area contributed by atoms with Crippen molar-refractivity contribution in [3.63, 3.8) is 0 Å². The fourth-order valence-corrected chi connectivity index (χ4v) is 2.31. The van der Waals surface area contributed by atoms with E-state index in [0.29, 0.717) is 18.8 Å². The molecule has 0 saturated heterocycles. The molecule has 1 saturated carbocycles. The Morgan fingerprint density at radius 3 is 2.24 bits per heavy atom. The topological polar surface area (TPSA) is 84.2 Å². The van der Waals surface area contributed by atoms with E-state index in [4.69, 9.17) is 5.73 Å². The summed E-state index contributed by atoms with van der Waals surface area (Å²) in [6, 6.07) is 7.49. The van der Waals surface area contributed by atoms with Gasteiger partial charge in [0.1, 0.15) is 0 Å². The first-order chi connectivity index (χ1) is 9.95. The minimum atomic E-state index is -0.393. The first-order valence-corrected chi connectivity index (χ1v) is 7.38. The Labute approximate surface area is 125 Å². The molecule has 5 heteroatoms. The molecular weight excluding hydrogens is 266 g/mol. The summed E-state index contributed by atoms with van der Waals surface area (Å²) in [7, 11) is 0. The van der Waals surface area contributed by atoms with Gasteiger partial charge >= 0.3 is 0 Å². The van der Waals surface area contributed by atoms with Gasteiger partial charge in [-0.3, -0.25) is 9.59 Å². The molecule has 114 valence electrons. The number of nitrogens with two attached hydrogens (primary N) is 1. The Hall–Kier alpha value is -2.04. The molecular formula is C16H23N3O2. The van der Waals surface area contributed by atoms with Crippen LogP contribution in [0.3, 0.4) is 0 Å². The maximum Gasteiger partial charge on any atom is 0.230 e. The Morgan fingerprint density at radius 2 is 1.71 bits per heavy atom. The number of rotatable bonds is 6. The molecule has 0 spiro atoms. The average molecular weight is 289 g/mol. The SMILES string of the molecule is CC(C)C(=O)NCCNC(=O)C1(c2ccc(N)cc2)CC1. The van der Waals surface area contributed by atoms with E-state index in [1.807, 2.05) is 38.1 Å². The van der Waals surface area contributed by atoms with Crippen LogP contribution in [-0.4, -0.2) is 24.9 Å². The predicted octanol–water partition coefficient (Wildman–Crippen LogP) is 1.19. The molecule has 0 heterocycles. The average Bonchev–Trinajstić information content (AvgIpc) is 3.25. The van der Waals surface area contributed by atoms with E-state index in [2.05, 4.69) is 10.6 Å². The third-order valence-corrected chi connectivity index (χ3v) is 3.88. The number of amides is 2. The first-order valence-electron chi connectivity index (χ1n) is 7.38. The van der Waals surface area contributed by atoms with Gasteiger partial charge in [-0.25, -0.2) is 0 Å². The van der Waals surface area contributed by atoms with Gasteiger partial charge < -0.3 is 16.4 Å². The van der Waals surface area contributed by atoms with E-state index in [0.717, 1.165) is 18.4 Å². The highest BCUT2D eigenvalue weighted by molar-refractivity contribution is 5.91. The summed E-state index contributed by atoms with van der Waals surface area (Å²) in [5, 5.41) is 5.69. The number of benzene rings is 1. The van der Waals surface area contributed by atoms with Crippen molar-refractivity contribution in [1.82, 2.24) is 10.6 Å². The van der Waals surface area contributed by atoms with Crippen LogP contribution >= 0.6 is 0 Å². The standard InChI is InChI=1S/C16H23N3O2/c1-11(2)14(20)18-9-10-19-15(21)16(7-8-16)12-3-5-13(17)6-4-12/h3-6,11H,7-10,17H2,1-2H3,(H,18,20)(H,19,21). The molecule has 2 rings (SSSR count). The van der Waals surface area contributed by atoms with Gasteiger partial charge in [0, 0.05) is 24.7 Å².